The summed E-state index contributed by atoms with van der Waals surface area (Å²) in [6.07, 6.45) is -3.49. The van der Waals surface area contributed by atoms with Gasteiger partial charge < -0.3 is 9.84 Å². The van der Waals surface area contributed by atoms with E-state index in [0.717, 1.165) is 5.56 Å². The van der Waals surface area contributed by atoms with Crippen LogP contribution in [0.5, 0.6) is 0 Å². The zero-order valence-electron chi connectivity index (χ0n) is 12.5. The van der Waals surface area contributed by atoms with Crippen molar-refractivity contribution >= 4 is 31.3 Å². The molecule has 0 saturated heterocycles. The Morgan fingerprint density at radius 3 is 2.50 bits per heavy atom. The minimum atomic E-state index is -4.60. The monoisotopic (exact) mass is 379 g/mol. The molecular weight excluding hydrogens is 366 g/mol. The molecule has 0 bridgehead atoms. The van der Waals surface area contributed by atoms with Gasteiger partial charge in [0.1, 0.15) is 10.7 Å². The Morgan fingerprint density at radius 2 is 1.96 bits per heavy atom. The summed E-state index contributed by atoms with van der Waals surface area (Å²) in [5, 5.41) is 2.08. The number of benzene rings is 1. The molecule has 1 atom stereocenters. The third-order valence-electron chi connectivity index (χ3n) is 2.95. The van der Waals surface area contributed by atoms with E-state index in [1.165, 1.54) is 0 Å². The fourth-order valence-corrected chi connectivity index (χ4v) is 2.46. The van der Waals surface area contributed by atoms with Crippen molar-refractivity contribution in [3.05, 3.63) is 46.7 Å². The van der Waals surface area contributed by atoms with Gasteiger partial charge in [0, 0.05) is 18.0 Å². The Morgan fingerprint density at radius 1 is 1.29 bits per heavy atom. The maximum atomic E-state index is 12.6. The van der Waals surface area contributed by atoms with E-state index in [9.17, 15) is 17.7 Å². The van der Waals surface area contributed by atoms with Crippen LogP contribution in [0, 0.1) is 0 Å². The first kappa shape index (κ1) is 18.7. The van der Waals surface area contributed by atoms with Gasteiger partial charge in [-0.1, -0.05) is 30.7 Å². The van der Waals surface area contributed by atoms with E-state index < -0.39 is 24.9 Å². The molecule has 1 N–H and O–H groups in total. The summed E-state index contributed by atoms with van der Waals surface area (Å²) in [7, 11) is -2.00. The molecule has 1 aromatic heterocycles. The Balaban J connectivity index is 2.04. The molecule has 0 fully saturated rings. The van der Waals surface area contributed by atoms with Crippen molar-refractivity contribution in [2.24, 2.45) is 0 Å². The van der Waals surface area contributed by atoms with Gasteiger partial charge >= 0.3 is 6.18 Å². The third kappa shape index (κ3) is 5.19. The van der Waals surface area contributed by atoms with Crippen molar-refractivity contribution in [2.75, 3.05) is 11.5 Å². The Hall–Kier alpha value is -1.63. The minimum Gasteiger partial charge on any atom is -0.326 e. The van der Waals surface area contributed by atoms with Crippen LogP contribution < -0.4 is 5.32 Å². The van der Waals surface area contributed by atoms with Gasteiger partial charge in [-0.2, -0.15) is 13.2 Å². The van der Waals surface area contributed by atoms with Crippen molar-refractivity contribution in [1.29, 1.82) is 0 Å². The molecule has 0 aliphatic rings. The predicted octanol–water partition coefficient (Wildman–Crippen LogP) is 4.90. The largest absolute Gasteiger partial charge is 0.420 e. The summed E-state index contributed by atoms with van der Waals surface area (Å²) >= 11 is 5.54. The number of hydrogen-bond donors (Lipinski definition) is 1. The smallest absolute Gasteiger partial charge is 0.326 e. The molecule has 24 heavy (non-hydrogen) atoms. The lowest BCUT2D eigenvalue weighted by molar-refractivity contribution is -0.137. The standard InChI is InChI=1S/C14H14ClF3N3O2P/c1-2-24(22)23-8-9-3-5-10(6-4-9)20-13-19-7-11(12(15)21-13)14(16,17)18/h3-7,24H,2,8H2,1H3,(H,19,20,21). The van der Waals surface area contributed by atoms with Crippen LogP contribution in [0.4, 0.5) is 24.8 Å². The molecule has 1 unspecified atom stereocenters. The van der Waals surface area contributed by atoms with Crippen LogP contribution in [0.1, 0.15) is 18.1 Å². The first-order valence-corrected chi connectivity index (χ1v) is 8.81. The van der Waals surface area contributed by atoms with E-state index in [0.29, 0.717) is 18.0 Å². The van der Waals surface area contributed by atoms with Gasteiger partial charge in [0.05, 0.1) is 6.61 Å². The van der Waals surface area contributed by atoms with Gasteiger partial charge in [-0.25, -0.2) is 9.97 Å². The highest BCUT2D eigenvalue weighted by Crippen LogP contribution is 2.33. The van der Waals surface area contributed by atoms with Crippen LogP contribution >= 0.6 is 19.6 Å². The number of rotatable bonds is 6. The van der Waals surface area contributed by atoms with E-state index in [4.69, 9.17) is 16.1 Å². The van der Waals surface area contributed by atoms with Crippen LogP contribution in [0.3, 0.4) is 0 Å². The van der Waals surface area contributed by atoms with Gasteiger partial charge in [0.25, 0.3) is 0 Å². The van der Waals surface area contributed by atoms with E-state index in [1.807, 2.05) is 0 Å². The summed E-state index contributed by atoms with van der Waals surface area (Å²) < 4.78 is 54.2. The summed E-state index contributed by atoms with van der Waals surface area (Å²) in [4.78, 5) is 7.19. The summed E-state index contributed by atoms with van der Waals surface area (Å²) in [5.74, 6) is -0.0481. The summed E-state index contributed by atoms with van der Waals surface area (Å²) in [6.45, 7) is 2.01. The topological polar surface area (TPSA) is 64.1 Å². The van der Waals surface area contributed by atoms with Gasteiger partial charge in [-0.05, 0) is 17.7 Å². The first-order chi connectivity index (χ1) is 11.3. The average Bonchev–Trinajstić information content (AvgIpc) is 2.52. The van der Waals surface area contributed by atoms with Crippen molar-refractivity contribution in [3.8, 4) is 0 Å². The maximum Gasteiger partial charge on any atom is 0.420 e. The fourth-order valence-electron chi connectivity index (χ4n) is 1.69. The third-order valence-corrected chi connectivity index (χ3v) is 4.28. The van der Waals surface area contributed by atoms with E-state index >= 15 is 0 Å². The van der Waals surface area contributed by atoms with E-state index in [2.05, 4.69) is 15.3 Å². The number of aromatic nitrogens is 2. The molecule has 10 heteroatoms. The maximum absolute atomic E-state index is 12.6. The molecule has 2 aromatic rings. The van der Waals surface area contributed by atoms with Crippen molar-refractivity contribution in [2.45, 2.75) is 19.7 Å². The molecule has 0 spiro atoms. The molecule has 1 aromatic carbocycles. The van der Waals surface area contributed by atoms with Gasteiger partial charge in [0.15, 0.2) is 8.03 Å². The zero-order valence-corrected chi connectivity index (χ0v) is 14.3. The first-order valence-electron chi connectivity index (χ1n) is 6.91. The number of halogens is 4. The van der Waals surface area contributed by atoms with Crippen molar-refractivity contribution in [3.63, 3.8) is 0 Å². The molecule has 130 valence electrons. The second kappa shape index (κ2) is 7.96. The highest BCUT2D eigenvalue weighted by molar-refractivity contribution is 7.39. The predicted molar refractivity (Wildman–Crippen MR) is 86.1 cm³/mol. The molecule has 5 nitrogen and oxygen atoms in total. The van der Waals surface area contributed by atoms with Gasteiger partial charge in [-0.3, -0.25) is 4.57 Å². The molecule has 0 aliphatic carbocycles. The van der Waals surface area contributed by atoms with Crippen LogP contribution in [0.2, 0.25) is 5.15 Å². The van der Waals surface area contributed by atoms with Gasteiger partial charge in [-0.15, -0.1) is 0 Å². The molecule has 1 heterocycles. The highest BCUT2D eigenvalue weighted by Gasteiger charge is 2.34. The molecule has 0 radical (unpaired) electrons. The van der Waals surface area contributed by atoms with Crippen molar-refractivity contribution in [1.82, 2.24) is 9.97 Å². The number of nitrogens with one attached hydrogen (secondary N) is 1. The van der Waals surface area contributed by atoms with E-state index in [1.54, 1.807) is 31.2 Å². The number of anilines is 2. The van der Waals surface area contributed by atoms with Crippen LogP contribution in [0.25, 0.3) is 0 Å². The SMILES string of the molecule is CC[PH](=O)OCc1ccc(Nc2ncc(C(F)(F)F)c(Cl)n2)cc1. The Labute approximate surface area is 142 Å². The molecule has 0 aliphatic heterocycles. The van der Waals surface area contributed by atoms with Crippen LogP contribution in [-0.2, 0) is 21.9 Å². The number of hydrogen-bond acceptors (Lipinski definition) is 5. The minimum absolute atomic E-state index is 0.0481. The molecule has 0 saturated carbocycles. The molecule has 0 amide bonds. The second-order valence-corrected chi connectivity index (χ2v) is 6.83. The lowest BCUT2D eigenvalue weighted by Gasteiger charge is -2.10. The lowest BCUT2D eigenvalue weighted by Crippen LogP contribution is -2.09. The molecule has 2 rings (SSSR count). The zero-order chi connectivity index (χ0) is 17.7. The number of nitrogens with zero attached hydrogens (tertiary/aromatic N) is 2. The fraction of sp³-hybridized carbons (Fsp3) is 0.286. The summed E-state index contributed by atoms with van der Waals surface area (Å²) in [6, 6.07) is 6.82. The Kier molecular flexibility index (Phi) is 6.21. The number of alkyl halides is 3. The van der Waals surface area contributed by atoms with Crippen LogP contribution in [0.15, 0.2) is 30.5 Å². The Bertz CT molecular complexity index is 726. The average molecular weight is 380 g/mol. The van der Waals surface area contributed by atoms with Crippen LogP contribution in [-0.4, -0.2) is 16.1 Å². The quantitative estimate of drug-likeness (QED) is 0.571. The summed E-state index contributed by atoms with van der Waals surface area (Å²) in [5.41, 5.74) is 0.296. The molecular formula is C14H14ClF3N3O2P. The second-order valence-electron chi connectivity index (χ2n) is 4.73. The van der Waals surface area contributed by atoms with Gasteiger partial charge in [0.2, 0.25) is 5.95 Å². The van der Waals surface area contributed by atoms with Crippen molar-refractivity contribution < 1.29 is 22.3 Å². The highest BCUT2D eigenvalue weighted by atomic mass is 35.5. The normalized spacial score (nSPS) is 12.9. The lowest BCUT2D eigenvalue weighted by atomic mass is 10.2. The van der Waals surface area contributed by atoms with E-state index in [-0.39, 0.29) is 12.6 Å².